The Morgan fingerprint density at radius 1 is 0.774 bits per heavy atom. The van der Waals surface area contributed by atoms with Crippen molar-refractivity contribution in [2.24, 2.45) is 16.8 Å². The van der Waals surface area contributed by atoms with E-state index < -0.39 is 18.1 Å². The molecule has 0 aliphatic rings. The van der Waals surface area contributed by atoms with Crippen LogP contribution in [0.25, 0.3) is 0 Å². The zero-order chi connectivity index (χ0) is 23.0. The lowest BCUT2D eigenvalue weighted by molar-refractivity contribution is -0.153. The van der Waals surface area contributed by atoms with Crippen molar-refractivity contribution in [2.75, 3.05) is 0 Å². The maximum atomic E-state index is 13.3. The molecule has 2 aromatic rings. The Labute approximate surface area is 185 Å². The summed E-state index contributed by atoms with van der Waals surface area (Å²) in [6, 6.07) is 18.3. The standard InChI is InChI=1S/C26H34N2O3/c1-17(2)22(25(29)28-23(18(3)4)26(30)31-19(5)6)27-24(20-13-9-7-10-14-20)21-15-11-8-12-16-21/h7-19,22-23H,1-6H3,(H,28,29). The third-order valence-corrected chi connectivity index (χ3v) is 4.83. The molecule has 5 nitrogen and oxygen atoms in total. The van der Waals surface area contributed by atoms with Crippen LogP contribution in [-0.4, -0.2) is 35.8 Å². The van der Waals surface area contributed by atoms with Crippen LogP contribution in [0.3, 0.4) is 0 Å². The molecule has 0 bridgehead atoms. The molecule has 2 unspecified atom stereocenters. The summed E-state index contributed by atoms with van der Waals surface area (Å²) in [6.07, 6.45) is -0.243. The SMILES string of the molecule is CC(C)OC(=O)C(NC(=O)C(N=C(c1ccccc1)c1ccccc1)C(C)C)C(C)C. The summed E-state index contributed by atoms with van der Waals surface area (Å²) in [5.41, 5.74) is 2.62. The fraction of sp³-hybridized carbons (Fsp3) is 0.423. The summed E-state index contributed by atoms with van der Waals surface area (Å²) in [4.78, 5) is 30.7. The Hall–Kier alpha value is -2.95. The Kier molecular flexibility index (Phi) is 8.98. The second kappa shape index (κ2) is 11.4. The molecule has 0 radical (unpaired) electrons. The molecule has 31 heavy (non-hydrogen) atoms. The Morgan fingerprint density at radius 2 is 1.26 bits per heavy atom. The van der Waals surface area contributed by atoms with Gasteiger partial charge in [0.2, 0.25) is 5.91 Å². The van der Waals surface area contributed by atoms with Crippen molar-refractivity contribution in [3.05, 3.63) is 71.8 Å². The van der Waals surface area contributed by atoms with E-state index in [1.54, 1.807) is 13.8 Å². The van der Waals surface area contributed by atoms with Gasteiger partial charge in [-0.05, 0) is 25.7 Å². The molecular formula is C26H34N2O3. The fourth-order valence-electron chi connectivity index (χ4n) is 3.20. The fourth-order valence-corrected chi connectivity index (χ4v) is 3.20. The third kappa shape index (κ3) is 7.06. The molecule has 1 N–H and O–H groups in total. The van der Waals surface area contributed by atoms with Gasteiger partial charge < -0.3 is 10.1 Å². The number of nitrogens with one attached hydrogen (secondary N) is 1. The van der Waals surface area contributed by atoms with Crippen molar-refractivity contribution in [3.63, 3.8) is 0 Å². The average Bonchev–Trinajstić information content (AvgIpc) is 2.72. The largest absolute Gasteiger partial charge is 0.461 e. The van der Waals surface area contributed by atoms with Gasteiger partial charge >= 0.3 is 5.97 Å². The van der Waals surface area contributed by atoms with Crippen LogP contribution < -0.4 is 5.32 Å². The number of esters is 1. The van der Waals surface area contributed by atoms with Gasteiger partial charge in [0.1, 0.15) is 12.1 Å². The molecule has 0 spiro atoms. The van der Waals surface area contributed by atoms with Crippen LogP contribution in [0.1, 0.15) is 52.7 Å². The molecule has 166 valence electrons. The van der Waals surface area contributed by atoms with E-state index in [9.17, 15) is 9.59 Å². The minimum Gasteiger partial charge on any atom is -0.461 e. The molecule has 0 saturated carbocycles. The van der Waals surface area contributed by atoms with E-state index in [2.05, 4.69) is 5.32 Å². The summed E-state index contributed by atoms with van der Waals surface area (Å²) in [6.45, 7) is 11.3. The van der Waals surface area contributed by atoms with Crippen molar-refractivity contribution in [2.45, 2.75) is 59.7 Å². The van der Waals surface area contributed by atoms with Crippen LogP contribution in [0, 0.1) is 11.8 Å². The first kappa shape index (κ1) is 24.3. The van der Waals surface area contributed by atoms with E-state index in [1.807, 2.05) is 88.4 Å². The molecule has 0 aliphatic heterocycles. The Balaban J connectivity index is 2.40. The van der Waals surface area contributed by atoms with E-state index >= 15 is 0 Å². The summed E-state index contributed by atoms with van der Waals surface area (Å²) in [5.74, 6) is -0.860. The van der Waals surface area contributed by atoms with Crippen LogP contribution in [0.5, 0.6) is 0 Å². The normalized spacial score (nSPS) is 13.1. The van der Waals surface area contributed by atoms with Crippen molar-refractivity contribution >= 4 is 17.6 Å². The molecule has 0 aromatic heterocycles. The van der Waals surface area contributed by atoms with Gasteiger partial charge in [0.05, 0.1) is 11.8 Å². The van der Waals surface area contributed by atoms with E-state index in [0.29, 0.717) is 0 Å². The first-order valence-electron chi connectivity index (χ1n) is 10.9. The van der Waals surface area contributed by atoms with Crippen molar-refractivity contribution in [3.8, 4) is 0 Å². The van der Waals surface area contributed by atoms with Gasteiger partial charge in [-0.3, -0.25) is 9.79 Å². The number of benzene rings is 2. The summed E-state index contributed by atoms with van der Waals surface area (Å²) < 4.78 is 5.35. The summed E-state index contributed by atoms with van der Waals surface area (Å²) in [7, 11) is 0. The minimum absolute atomic E-state index is 0.0589. The lowest BCUT2D eigenvalue weighted by Crippen LogP contribution is -2.50. The summed E-state index contributed by atoms with van der Waals surface area (Å²) in [5, 5.41) is 2.89. The van der Waals surface area contributed by atoms with Gasteiger partial charge in [-0.2, -0.15) is 0 Å². The van der Waals surface area contributed by atoms with Crippen LogP contribution in [0.2, 0.25) is 0 Å². The van der Waals surface area contributed by atoms with Crippen molar-refractivity contribution < 1.29 is 14.3 Å². The second-order valence-corrected chi connectivity index (χ2v) is 8.61. The van der Waals surface area contributed by atoms with E-state index in [1.165, 1.54) is 0 Å². The molecule has 2 aromatic carbocycles. The molecule has 2 rings (SSSR count). The highest BCUT2D eigenvalue weighted by Gasteiger charge is 2.31. The maximum absolute atomic E-state index is 13.3. The number of carbonyl (C=O) groups excluding carboxylic acids is 2. The second-order valence-electron chi connectivity index (χ2n) is 8.61. The van der Waals surface area contributed by atoms with Crippen LogP contribution in [0.15, 0.2) is 65.7 Å². The zero-order valence-corrected chi connectivity index (χ0v) is 19.3. The highest BCUT2D eigenvalue weighted by atomic mass is 16.5. The Bertz CT molecular complexity index is 833. The number of amides is 1. The van der Waals surface area contributed by atoms with Crippen LogP contribution in [-0.2, 0) is 14.3 Å². The first-order valence-corrected chi connectivity index (χ1v) is 10.9. The molecular weight excluding hydrogens is 388 g/mol. The smallest absolute Gasteiger partial charge is 0.329 e. The van der Waals surface area contributed by atoms with Gasteiger partial charge in [0.25, 0.3) is 0 Å². The lowest BCUT2D eigenvalue weighted by Gasteiger charge is -2.25. The molecule has 0 fully saturated rings. The Morgan fingerprint density at radius 3 is 1.65 bits per heavy atom. The highest BCUT2D eigenvalue weighted by molar-refractivity contribution is 6.13. The molecule has 5 heteroatoms. The van der Waals surface area contributed by atoms with E-state index in [-0.39, 0.29) is 23.8 Å². The third-order valence-electron chi connectivity index (χ3n) is 4.83. The molecule has 0 heterocycles. The first-order chi connectivity index (χ1) is 14.7. The highest BCUT2D eigenvalue weighted by Crippen LogP contribution is 2.17. The maximum Gasteiger partial charge on any atom is 0.329 e. The van der Waals surface area contributed by atoms with Gasteiger partial charge in [-0.25, -0.2) is 4.79 Å². The minimum atomic E-state index is -0.719. The number of carbonyl (C=O) groups is 2. The quantitative estimate of drug-likeness (QED) is 0.473. The van der Waals surface area contributed by atoms with Gasteiger partial charge in [-0.1, -0.05) is 88.4 Å². The van der Waals surface area contributed by atoms with Gasteiger partial charge in [-0.15, -0.1) is 0 Å². The lowest BCUT2D eigenvalue weighted by atomic mass is 9.98. The van der Waals surface area contributed by atoms with Crippen molar-refractivity contribution in [1.29, 1.82) is 0 Å². The number of aliphatic imine (C=N–C) groups is 1. The number of rotatable bonds is 9. The van der Waals surface area contributed by atoms with Crippen LogP contribution >= 0.6 is 0 Å². The summed E-state index contributed by atoms with van der Waals surface area (Å²) >= 11 is 0. The molecule has 2 atom stereocenters. The molecule has 0 saturated heterocycles. The molecule has 0 aliphatic carbocycles. The predicted octanol–water partition coefficient (Wildman–Crippen LogP) is 4.64. The predicted molar refractivity (Wildman–Crippen MR) is 125 cm³/mol. The number of hydrogen-bond donors (Lipinski definition) is 1. The number of ether oxygens (including phenoxy) is 1. The van der Waals surface area contributed by atoms with Gasteiger partial charge in [0, 0.05) is 11.1 Å². The van der Waals surface area contributed by atoms with Crippen molar-refractivity contribution in [1.82, 2.24) is 5.32 Å². The van der Waals surface area contributed by atoms with Crippen LogP contribution in [0.4, 0.5) is 0 Å². The number of hydrogen-bond acceptors (Lipinski definition) is 4. The molecule has 1 amide bonds. The zero-order valence-electron chi connectivity index (χ0n) is 19.3. The topological polar surface area (TPSA) is 67.8 Å². The monoisotopic (exact) mass is 422 g/mol. The van der Waals surface area contributed by atoms with Gasteiger partial charge in [0.15, 0.2) is 0 Å². The van der Waals surface area contributed by atoms with E-state index in [0.717, 1.165) is 16.8 Å². The average molecular weight is 423 g/mol. The van der Waals surface area contributed by atoms with E-state index in [4.69, 9.17) is 9.73 Å². The number of nitrogens with zero attached hydrogens (tertiary/aromatic N) is 1.